The smallest absolute Gasteiger partial charge is 0.415 e. The third kappa shape index (κ3) is 4.67. The Morgan fingerprint density at radius 1 is 1.12 bits per heavy atom. The van der Waals surface area contributed by atoms with Crippen LogP contribution in [0.1, 0.15) is 45.2 Å². The van der Waals surface area contributed by atoms with E-state index < -0.39 is 0 Å². The zero-order valence-corrected chi connectivity index (χ0v) is 20.7. The largest absolute Gasteiger partial charge is 0.447 e. The lowest BCUT2D eigenvalue weighted by Crippen LogP contribution is -2.38. The Balaban J connectivity index is 1.35. The van der Waals surface area contributed by atoms with E-state index in [0.29, 0.717) is 24.4 Å². The van der Waals surface area contributed by atoms with Crippen molar-refractivity contribution in [2.75, 3.05) is 35.2 Å². The highest BCUT2D eigenvalue weighted by molar-refractivity contribution is 7.17. The molecule has 2 saturated heterocycles. The summed E-state index contributed by atoms with van der Waals surface area (Å²) in [7, 11) is 0. The first-order valence-electron chi connectivity index (χ1n) is 12.0. The van der Waals surface area contributed by atoms with Crippen LogP contribution in [0.25, 0.3) is 10.2 Å². The summed E-state index contributed by atoms with van der Waals surface area (Å²) in [6.45, 7) is 8.80. The zero-order chi connectivity index (χ0) is 23.7. The van der Waals surface area contributed by atoms with Crippen molar-refractivity contribution in [3.05, 3.63) is 41.3 Å². The fourth-order valence-corrected chi connectivity index (χ4v) is 5.41. The molecule has 1 aromatic carbocycles. The molecule has 1 unspecified atom stereocenters. The number of benzene rings is 1. The number of rotatable bonds is 7. The molecule has 2 aliphatic rings. The van der Waals surface area contributed by atoms with Gasteiger partial charge < -0.3 is 20.7 Å². The molecule has 8 nitrogen and oxygen atoms in total. The van der Waals surface area contributed by atoms with Crippen LogP contribution in [-0.2, 0) is 4.74 Å². The minimum absolute atomic E-state index is 0.00305. The monoisotopic (exact) mass is 480 g/mol. The van der Waals surface area contributed by atoms with Gasteiger partial charge >= 0.3 is 6.09 Å². The molecule has 0 bridgehead atoms. The maximum atomic E-state index is 12.6. The van der Waals surface area contributed by atoms with Gasteiger partial charge in [0.2, 0.25) is 5.95 Å². The van der Waals surface area contributed by atoms with Crippen LogP contribution in [0.15, 0.2) is 35.7 Å². The van der Waals surface area contributed by atoms with Crippen LogP contribution in [0.5, 0.6) is 0 Å². The van der Waals surface area contributed by atoms with Gasteiger partial charge in [-0.15, -0.1) is 11.3 Å². The number of anilines is 3. The molecule has 2 aromatic heterocycles. The Kier molecular flexibility index (Phi) is 6.56. The Bertz CT molecular complexity index is 1140. The number of aromatic nitrogens is 2. The summed E-state index contributed by atoms with van der Waals surface area (Å²) in [6, 6.07) is 11.0. The quantitative estimate of drug-likeness (QED) is 0.438. The van der Waals surface area contributed by atoms with Crippen molar-refractivity contribution < 1.29 is 9.53 Å². The second kappa shape index (κ2) is 9.76. The molecule has 0 saturated carbocycles. The molecule has 34 heavy (non-hydrogen) atoms. The van der Waals surface area contributed by atoms with E-state index in [1.807, 2.05) is 11.4 Å². The predicted octanol–water partition coefficient (Wildman–Crippen LogP) is 5.01. The van der Waals surface area contributed by atoms with E-state index in [0.717, 1.165) is 47.4 Å². The summed E-state index contributed by atoms with van der Waals surface area (Å²) in [4.78, 5) is 23.8. The predicted molar refractivity (Wildman–Crippen MR) is 138 cm³/mol. The molecule has 180 valence electrons. The summed E-state index contributed by atoms with van der Waals surface area (Å²) in [5.41, 5.74) is 3.12. The molecule has 5 rings (SSSR count). The third-order valence-corrected chi connectivity index (χ3v) is 7.56. The van der Waals surface area contributed by atoms with Crippen LogP contribution in [-0.4, -0.2) is 47.8 Å². The van der Waals surface area contributed by atoms with E-state index >= 15 is 0 Å². The highest BCUT2D eigenvalue weighted by atomic mass is 32.1. The van der Waals surface area contributed by atoms with Gasteiger partial charge in [-0.3, -0.25) is 4.90 Å². The average Bonchev–Trinajstić information content (AvgIpc) is 3.46. The van der Waals surface area contributed by atoms with E-state index in [-0.39, 0.29) is 24.1 Å². The molecule has 2 atom stereocenters. The molecule has 0 radical (unpaired) electrons. The second-order valence-electron chi connectivity index (χ2n) is 9.42. The molecule has 0 aliphatic carbocycles. The van der Waals surface area contributed by atoms with Gasteiger partial charge in [-0.05, 0) is 67.9 Å². The van der Waals surface area contributed by atoms with Gasteiger partial charge in [-0.25, -0.2) is 9.78 Å². The van der Waals surface area contributed by atoms with Gasteiger partial charge in [0.05, 0.1) is 22.3 Å². The van der Waals surface area contributed by atoms with Gasteiger partial charge in [0.15, 0.2) is 5.82 Å². The van der Waals surface area contributed by atoms with Crippen molar-refractivity contribution in [3.8, 4) is 0 Å². The van der Waals surface area contributed by atoms with Gasteiger partial charge in [0.1, 0.15) is 6.61 Å². The Labute approximate surface area is 204 Å². The normalized spacial score (nSPS) is 20.1. The summed E-state index contributed by atoms with van der Waals surface area (Å²) >= 11 is 1.54. The highest BCUT2D eigenvalue weighted by Gasteiger charge is 2.38. The number of cyclic esters (lactones) is 1. The first-order valence-corrected chi connectivity index (χ1v) is 12.9. The number of hydrogen-bond acceptors (Lipinski definition) is 8. The molecule has 3 N–H and O–H groups in total. The van der Waals surface area contributed by atoms with Crippen molar-refractivity contribution in [1.29, 1.82) is 0 Å². The molecule has 3 aromatic rings. The number of nitrogens with one attached hydrogen (secondary N) is 3. The van der Waals surface area contributed by atoms with Crippen LogP contribution >= 0.6 is 11.3 Å². The SMILES string of the molecule is CC(C)C1COC(=O)N1c1nc(N[C@@H](C)c2ccc(NC3CCNCC3)cc2)nc2ccsc12. The number of thiophene rings is 1. The topological polar surface area (TPSA) is 91.4 Å². The van der Waals surface area contributed by atoms with Crippen LogP contribution in [0.3, 0.4) is 0 Å². The number of fused-ring (bicyclic) bond motifs is 1. The lowest BCUT2D eigenvalue weighted by Gasteiger charge is -2.25. The Morgan fingerprint density at radius 3 is 2.62 bits per heavy atom. The zero-order valence-electron chi connectivity index (χ0n) is 19.9. The maximum Gasteiger partial charge on any atom is 0.415 e. The molecule has 9 heteroatoms. The minimum Gasteiger partial charge on any atom is -0.447 e. The number of carbonyl (C=O) groups is 1. The highest BCUT2D eigenvalue weighted by Crippen LogP contribution is 2.35. The summed E-state index contributed by atoms with van der Waals surface area (Å²) in [5.74, 6) is 1.38. The fraction of sp³-hybridized carbons (Fsp3) is 0.480. The van der Waals surface area contributed by atoms with E-state index in [2.05, 4.69) is 61.0 Å². The number of ether oxygens (including phenoxy) is 1. The average molecular weight is 481 g/mol. The number of nitrogens with zero attached hydrogens (tertiary/aromatic N) is 3. The van der Waals surface area contributed by atoms with Crippen LogP contribution < -0.4 is 20.9 Å². The molecule has 1 amide bonds. The minimum atomic E-state index is -0.345. The molecule has 0 spiro atoms. The van der Waals surface area contributed by atoms with Crippen LogP contribution in [0.2, 0.25) is 0 Å². The standard InChI is InChI=1S/C25H32N6O2S/c1-15(2)21-14-33-25(32)31(21)23-22-20(10-13-34-22)29-24(30-23)27-16(3)17-4-6-18(7-5-17)28-19-8-11-26-12-9-19/h4-7,10,13,15-16,19,21,26,28H,8-9,11-12,14H2,1-3H3,(H,27,29,30)/t16-,21?/m0/s1. The summed E-state index contributed by atoms with van der Waals surface area (Å²) < 4.78 is 6.28. The van der Waals surface area contributed by atoms with Gasteiger partial charge in [0, 0.05) is 11.7 Å². The van der Waals surface area contributed by atoms with Gasteiger partial charge in [-0.2, -0.15) is 4.98 Å². The molecular formula is C25H32N6O2S. The van der Waals surface area contributed by atoms with E-state index in [4.69, 9.17) is 14.7 Å². The fourth-order valence-electron chi connectivity index (χ4n) is 4.59. The third-order valence-electron chi connectivity index (χ3n) is 6.66. The van der Waals surface area contributed by atoms with Crippen molar-refractivity contribution >= 4 is 45.1 Å². The lowest BCUT2D eigenvalue weighted by atomic mass is 10.0. The first kappa shape index (κ1) is 22.9. The van der Waals surface area contributed by atoms with Crippen molar-refractivity contribution in [3.63, 3.8) is 0 Å². The molecular weight excluding hydrogens is 448 g/mol. The summed E-state index contributed by atoms with van der Waals surface area (Å²) in [5, 5.41) is 12.5. The summed E-state index contributed by atoms with van der Waals surface area (Å²) in [6.07, 6.45) is 1.95. The van der Waals surface area contributed by atoms with Crippen molar-refractivity contribution in [2.24, 2.45) is 5.92 Å². The van der Waals surface area contributed by atoms with E-state index in [1.54, 1.807) is 16.2 Å². The Hall–Kier alpha value is -2.91. The van der Waals surface area contributed by atoms with Crippen molar-refractivity contribution in [2.45, 2.75) is 51.7 Å². The number of amides is 1. The number of carbonyl (C=O) groups excluding carboxylic acids is 1. The van der Waals surface area contributed by atoms with Crippen molar-refractivity contribution in [1.82, 2.24) is 15.3 Å². The first-order chi connectivity index (χ1) is 16.5. The van der Waals surface area contributed by atoms with Gasteiger partial charge in [0.25, 0.3) is 0 Å². The van der Waals surface area contributed by atoms with Crippen LogP contribution in [0.4, 0.5) is 22.2 Å². The van der Waals surface area contributed by atoms with E-state index in [9.17, 15) is 4.79 Å². The molecule has 2 aliphatic heterocycles. The maximum absolute atomic E-state index is 12.6. The van der Waals surface area contributed by atoms with Gasteiger partial charge in [-0.1, -0.05) is 26.0 Å². The molecule has 2 fully saturated rings. The number of hydrogen-bond donors (Lipinski definition) is 3. The second-order valence-corrected chi connectivity index (χ2v) is 10.3. The van der Waals surface area contributed by atoms with E-state index in [1.165, 1.54) is 0 Å². The van der Waals surface area contributed by atoms with Crippen LogP contribution in [0, 0.1) is 5.92 Å². The number of piperidine rings is 1. The lowest BCUT2D eigenvalue weighted by molar-refractivity contribution is 0.177. The Morgan fingerprint density at radius 2 is 1.88 bits per heavy atom. The molecule has 4 heterocycles.